The van der Waals surface area contributed by atoms with E-state index in [1.807, 2.05) is 24.5 Å². The van der Waals surface area contributed by atoms with Crippen LogP contribution in [0.4, 0.5) is 0 Å². The minimum atomic E-state index is 0. The summed E-state index contributed by atoms with van der Waals surface area (Å²) in [7, 11) is 0. The van der Waals surface area contributed by atoms with Gasteiger partial charge in [0.15, 0.2) is 0 Å². The van der Waals surface area contributed by atoms with Crippen LogP contribution in [0.2, 0.25) is 0 Å². The van der Waals surface area contributed by atoms with Gasteiger partial charge in [-0.2, -0.15) is 0 Å². The number of nitrogens with zero attached hydrogens (tertiary/aromatic N) is 2. The highest BCUT2D eigenvalue weighted by Gasteiger charge is 2.17. The number of nitrogens with one attached hydrogen (secondary N) is 2. The number of para-hydroxylation sites is 2. The molecule has 0 aliphatic carbocycles. The molecule has 1 atom stereocenters. The van der Waals surface area contributed by atoms with Crippen LogP contribution in [0.25, 0.3) is 11.0 Å². The topological polar surface area (TPSA) is 59.0 Å². The number of hydrogen-bond donors (Lipinski definition) is 2. The molecule has 0 radical (unpaired) electrons. The first-order chi connectivity index (χ1) is 10.3. The van der Waals surface area contributed by atoms with Crippen LogP contribution in [0.3, 0.4) is 0 Å². The maximum absolute atomic E-state index is 11.8. The van der Waals surface area contributed by atoms with Crippen LogP contribution in [0, 0.1) is 0 Å². The predicted octanol–water partition coefficient (Wildman–Crippen LogP) is 2.53. The normalized spacial score (nSPS) is 16.6. The van der Waals surface area contributed by atoms with Gasteiger partial charge in [-0.15, -0.1) is 24.8 Å². The van der Waals surface area contributed by atoms with E-state index < -0.39 is 0 Å². The lowest BCUT2D eigenvalue weighted by Gasteiger charge is -2.10. The first-order valence-electron chi connectivity index (χ1n) is 7.73. The third-order valence-corrected chi connectivity index (χ3v) is 4.02. The summed E-state index contributed by atoms with van der Waals surface area (Å²) in [6.07, 6.45) is 5.70. The second-order valence-corrected chi connectivity index (χ2v) is 5.63. The number of halogens is 2. The minimum Gasteiger partial charge on any atom is -0.356 e. The zero-order valence-electron chi connectivity index (χ0n) is 13.0. The lowest BCUT2D eigenvalue weighted by atomic mass is 10.1. The fourth-order valence-electron chi connectivity index (χ4n) is 2.89. The molecule has 1 amide bonds. The molecule has 0 bridgehead atoms. The number of imidazole rings is 1. The predicted molar refractivity (Wildman–Crippen MR) is 97.5 cm³/mol. The second-order valence-electron chi connectivity index (χ2n) is 5.63. The molecule has 1 aromatic heterocycles. The smallest absolute Gasteiger partial charge is 0.221 e. The Hall–Kier alpha value is -1.30. The molecule has 3 rings (SSSR count). The third-order valence-electron chi connectivity index (χ3n) is 4.02. The molecule has 23 heavy (non-hydrogen) atoms. The van der Waals surface area contributed by atoms with Gasteiger partial charge in [-0.05, 0) is 37.9 Å². The van der Waals surface area contributed by atoms with Crippen molar-refractivity contribution in [2.75, 3.05) is 13.1 Å². The first-order valence-corrected chi connectivity index (χ1v) is 7.73. The molecule has 1 saturated heterocycles. The van der Waals surface area contributed by atoms with E-state index in [4.69, 9.17) is 0 Å². The number of carbonyl (C=O) groups excluding carboxylic acids is 1. The summed E-state index contributed by atoms with van der Waals surface area (Å²) in [6, 6.07) is 8.49. The molecule has 1 aliphatic heterocycles. The van der Waals surface area contributed by atoms with Gasteiger partial charge in [-0.3, -0.25) is 4.79 Å². The van der Waals surface area contributed by atoms with Gasteiger partial charge in [-0.25, -0.2) is 4.98 Å². The van der Waals surface area contributed by atoms with Crippen LogP contribution >= 0.6 is 24.8 Å². The second kappa shape index (κ2) is 9.75. The van der Waals surface area contributed by atoms with Crippen molar-refractivity contribution in [2.24, 2.45) is 0 Å². The van der Waals surface area contributed by atoms with Gasteiger partial charge >= 0.3 is 0 Å². The van der Waals surface area contributed by atoms with E-state index in [1.54, 1.807) is 0 Å². The molecule has 0 spiro atoms. The molecule has 2 aromatic rings. The standard InChI is InChI=1S/C16H22N4O.2ClH/c21-16(11-13-5-3-8-17-13)18-9-4-10-20-12-19-14-6-1-2-7-15(14)20;;/h1-2,6-7,12-13,17H,3-5,8-11H2,(H,18,21);2*1H. The third kappa shape index (κ3) is 5.37. The lowest BCUT2D eigenvalue weighted by molar-refractivity contribution is -0.121. The monoisotopic (exact) mass is 358 g/mol. The maximum Gasteiger partial charge on any atom is 0.221 e. The lowest BCUT2D eigenvalue weighted by Crippen LogP contribution is -2.32. The highest BCUT2D eigenvalue weighted by molar-refractivity contribution is 5.85. The zero-order chi connectivity index (χ0) is 14.5. The number of benzene rings is 1. The molecule has 128 valence electrons. The molecule has 7 heteroatoms. The van der Waals surface area contributed by atoms with Crippen LogP contribution in [-0.2, 0) is 11.3 Å². The van der Waals surface area contributed by atoms with Gasteiger partial charge in [-0.1, -0.05) is 12.1 Å². The van der Waals surface area contributed by atoms with Gasteiger partial charge in [0.1, 0.15) is 0 Å². The number of aryl methyl sites for hydroxylation is 1. The van der Waals surface area contributed by atoms with Crippen molar-refractivity contribution in [1.82, 2.24) is 20.2 Å². The van der Waals surface area contributed by atoms with Crippen LogP contribution in [0.15, 0.2) is 30.6 Å². The zero-order valence-corrected chi connectivity index (χ0v) is 14.7. The van der Waals surface area contributed by atoms with Crippen molar-refractivity contribution in [3.63, 3.8) is 0 Å². The molecule has 2 N–H and O–H groups in total. The number of amides is 1. The fourth-order valence-corrected chi connectivity index (χ4v) is 2.89. The van der Waals surface area contributed by atoms with Gasteiger partial charge in [0.25, 0.3) is 0 Å². The summed E-state index contributed by atoms with van der Waals surface area (Å²) in [5.74, 6) is 0.157. The summed E-state index contributed by atoms with van der Waals surface area (Å²) < 4.78 is 2.14. The van der Waals surface area contributed by atoms with E-state index >= 15 is 0 Å². The Balaban J connectivity index is 0.00000132. The molecule has 5 nitrogen and oxygen atoms in total. The minimum absolute atomic E-state index is 0. The van der Waals surface area contributed by atoms with Crippen molar-refractivity contribution in [3.05, 3.63) is 30.6 Å². The summed E-state index contributed by atoms with van der Waals surface area (Å²) in [5.41, 5.74) is 2.17. The number of hydrogen-bond acceptors (Lipinski definition) is 3. The molecule has 1 fully saturated rings. The first kappa shape index (κ1) is 19.7. The van der Waals surface area contributed by atoms with E-state index in [9.17, 15) is 4.79 Å². The Morgan fingerprint density at radius 1 is 1.35 bits per heavy atom. The fraction of sp³-hybridized carbons (Fsp3) is 0.500. The molecular weight excluding hydrogens is 335 g/mol. The van der Waals surface area contributed by atoms with E-state index in [-0.39, 0.29) is 30.7 Å². The van der Waals surface area contributed by atoms with Crippen molar-refractivity contribution < 1.29 is 4.79 Å². The molecule has 0 saturated carbocycles. The average molecular weight is 359 g/mol. The van der Waals surface area contributed by atoms with Crippen molar-refractivity contribution in [2.45, 2.75) is 38.3 Å². The van der Waals surface area contributed by atoms with Gasteiger partial charge in [0.2, 0.25) is 5.91 Å². The maximum atomic E-state index is 11.8. The van der Waals surface area contributed by atoms with Crippen molar-refractivity contribution in [3.8, 4) is 0 Å². The summed E-state index contributed by atoms with van der Waals surface area (Å²) in [6.45, 7) is 2.65. The molecule has 1 aromatic carbocycles. The summed E-state index contributed by atoms with van der Waals surface area (Å²) >= 11 is 0. The van der Waals surface area contributed by atoms with Gasteiger partial charge in [0.05, 0.1) is 17.4 Å². The van der Waals surface area contributed by atoms with Gasteiger partial charge < -0.3 is 15.2 Å². The SMILES string of the molecule is Cl.Cl.O=C(CC1CCCN1)NCCCn1cnc2ccccc21. The van der Waals surface area contributed by atoms with Crippen molar-refractivity contribution in [1.29, 1.82) is 0 Å². The van der Waals surface area contributed by atoms with E-state index in [0.717, 1.165) is 43.5 Å². The van der Waals surface area contributed by atoms with Crippen LogP contribution in [0.5, 0.6) is 0 Å². The molecular formula is C16H24Cl2N4O. The van der Waals surface area contributed by atoms with Crippen LogP contribution in [-0.4, -0.2) is 34.6 Å². The largest absolute Gasteiger partial charge is 0.356 e. The number of aromatic nitrogens is 2. The quantitative estimate of drug-likeness (QED) is 0.780. The number of rotatable bonds is 6. The summed E-state index contributed by atoms with van der Waals surface area (Å²) in [5, 5.41) is 6.35. The van der Waals surface area contributed by atoms with Gasteiger partial charge in [0, 0.05) is 25.6 Å². The molecule has 1 unspecified atom stereocenters. The molecule has 2 heterocycles. The highest BCUT2D eigenvalue weighted by Crippen LogP contribution is 2.12. The Labute approximate surface area is 149 Å². The average Bonchev–Trinajstić information content (AvgIpc) is 3.13. The van der Waals surface area contributed by atoms with E-state index in [1.165, 1.54) is 6.42 Å². The summed E-state index contributed by atoms with van der Waals surface area (Å²) in [4.78, 5) is 16.2. The number of fused-ring (bicyclic) bond motifs is 1. The Morgan fingerprint density at radius 2 is 2.17 bits per heavy atom. The Morgan fingerprint density at radius 3 is 2.96 bits per heavy atom. The van der Waals surface area contributed by atoms with Crippen molar-refractivity contribution >= 4 is 41.8 Å². The van der Waals surface area contributed by atoms with E-state index in [0.29, 0.717) is 12.5 Å². The van der Waals surface area contributed by atoms with Crippen LogP contribution in [0.1, 0.15) is 25.7 Å². The molecule has 1 aliphatic rings. The Kier molecular flexibility index (Phi) is 8.37. The van der Waals surface area contributed by atoms with E-state index in [2.05, 4.69) is 26.3 Å². The van der Waals surface area contributed by atoms with Crippen LogP contribution < -0.4 is 10.6 Å². The highest BCUT2D eigenvalue weighted by atomic mass is 35.5. The Bertz CT molecular complexity index is 611. The number of carbonyl (C=O) groups is 1.